The number of hydrogen-bond acceptors (Lipinski definition) is 6. The molecule has 2 aromatic rings. The van der Waals surface area contributed by atoms with Crippen LogP contribution in [0.5, 0.6) is 0 Å². The summed E-state index contributed by atoms with van der Waals surface area (Å²) in [6, 6.07) is 12.3. The van der Waals surface area contributed by atoms with Gasteiger partial charge in [0.2, 0.25) is 23.8 Å². The topological polar surface area (TPSA) is 107 Å². The zero-order valence-electron chi connectivity index (χ0n) is 15.6. The Labute approximate surface area is 171 Å². The predicted octanol–water partition coefficient (Wildman–Crippen LogP) is 2.86. The van der Waals surface area contributed by atoms with E-state index in [1.807, 2.05) is 0 Å². The first-order valence-electron chi connectivity index (χ1n) is 8.65. The molecule has 0 bridgehead atoms. The third kappa shape index (κ3) is 3.15. The Morgan fingerprint density at radius 2 is 1.90 bits per heavy atom. The lowest BCUT2D eigenvalue weighted by Crippen LogP contribution is -2.63. The van der Waals surface area contributed by atoms with Gasteiger partial charge in [0.1, 0.15) is 0 Å². The van der Waals surface area contributed by atoms with Crippen LogP contribution in [-0.2, 0) is 14.3 Å². The van der Waals surface area contributed by atoms with Crippen molar-refractivity contribution in [3.63, 3.8) is 0 Å². The first kappa shape index (κ1) is 20.5. The highest BCUT2D eigenvalue weighted by atomic mass is 35.5. The fraction of sp³-hybridized carbons (Fsp3) is 0.250. The number of benzene rings is 2. The van der Waals surface area contributed by atoms with Gasteiger partial charge in [0.05, 0.1) is 18.7 Å². The van der Waals surface area contributed by atoms with Crippen LogP contribution in [0.4, 0.5) is 5.69 Å². The number of rotatable bonds is 5. The van der Waals surface area contributed by atoms with Crippen molar-refractivity contribution in [2.75, 3.05) is 18.6 Å². The maximum Gasteiger partial charge on any atom is 0.341 e. The van der Waals surface area contributed by atoms with Gasteiger partial charge in [-0.25, -0.2) is 4.79 Å². The summed E-state index contributed by atoms with van der Waals surface area (Å²) in [4.78, 5) is 51.3. The molecule has 1 aliphatic heterocycles. The Bertz CT molecular complexity index is 1010. The SMILES string of the molecule is COC(=O)[C@]1([C@H](C[N+](=O)[O-])c2ccccc2)C(=O)c2ccc(Cl)cc2N1C(C)=O. The Balaban J connectivity index is 2.38. The number of Topliss-reactive ketones (excluding diaryl/α,β-unsaturated/α-hetero) is 1. The average molecular weight is 417 g/mol. The molecule has 8 nitrogen and oxygen atoms in total. The number of carbonyl (C=O) groups is 3. The van der Waals surface area contributed by atoms with Crippen molar-refractivity contribution in [2.45, 2.75) is 18.4 Å². The third-order valence-corrected chi connectivity index (χ3v) is 5.23. The minimum atomic E-state index is -2.26. The average Bonchev–Trinajstić information content (AvgIpc) is 2.94. The molecule has 1 heterocycles. The number of ether oxygens (including phenoxy) is 1. The fourth-order valence-corrected chi connectivity index (χ4v) is 4.07. The second-order valence-electron chi connectivity index (χ2n) is 6.58. The third-order valence-electron chi connectivity index (χ3n) is 4.99. The smallest absolute Gasteiger partial charge is 0.341 e. The predicted molar refractivity (Wildman–Crippen MR) is 105 cm³/mol. The Hall–Kier alpha value is -3.26. The molecule has 9 heteroatoms. The molecule has 2 aromatic carbocycles. The summed E-state index contributed by atoms with van der Waals surface area (Å²) in [6.45, 7) is 0.408. The van der Waals surface area contributed by atoms with E-state index in [-0.39, 0.29) is 16.3 Å². The van der Waals surface area contributed by atoms with E-state index in [0.717, 1.165) is 12.0 Å². The van der Waals surface area contributed by atoms with E-state index in [0.29, 0.717) is 5.56 Å². The lowest BCUT2D eigenvalue weighted by Gasteiger charge is -2.38. The summed E-state index contributed by atoms with van der Waals surface area (Å²) < 4.78 is 4.92. The van der Waals surface area contributed by atoms with Gasteiger partial charge >= 0.3 is 5.97 Å². The highest BCUT2D eigenvalue weighted by Crippen LogP contribution is 2.48. The monoisotopic (exact) mass is 416 g/mol. The first-order valence-corrected chi connectivity index (χ1v) is 9.03. The summed E-state index contributed by atoms with van der Waals surface area (Å²) in [5, 5.41) is 11.8. The number of nitro groups is 1. The molecule has 3 rings (SSSR count). The van der Waals surface area contributed by atoms with Gasteiger partial charge in [-0.3, -0.25) is 24.6 Å². The number of amides is 1. The number of fused-ring (bicyclic) bond motifs is 1. The maximum atomic E-state index is 13.6. The maximum absolute atomic E-state index is 13.6. The van der Waals surface area contributed by atoms with Crippen molar-refractivity contribution in [1.82, 2.24) is 0 Å². The van der Waals surface area contributed by atoms with Gasteiger partial charge < -0.3 is 4.74 Å². The lowest BCUT2D eigenvalue weighted by molar-refractivity contribution is -0.484. The molecule has 0 unspecified atom stereocenters. The molecule has 2 atom stereocenters. The summed E-state index contributed by atoms with van der Waals surface area (Å²) in [7, 11) is 1.07. The molecule has 0 spiro atoms. The quantitative estimate of drug-likeness (QED) is 0.321. The fourth-order valence-electron chi connectivity index (χ4n) is 3.91. The van der Waals surface area contributed by atoms with E-state index < -0.39 is 40.6 Å². The van der Waals surface area contributed by atoms with E-state index in [4.69, 9.17) is 16.3 Å². The number of ketones is 1. The van der Waals surface area contributed by atoms with Gasteiger partial charge in [0, 0.05) is 22.4 Å². The second kappa shape index (κ2) is 7.63. The molecule has 0 fully saturated rings. The Morgan fingerprint density at radius 1 is 1.24 bits per heavy atom. The van der Waals surface area contributed by atoms with Crippen molar-refractivity contribution < 1.29 is 24.0 Å². The number of carbonyl (C=O) groups excluding carboxylic acids is 3. The first-order chi connectivity index (χ1) is 13.7. The highest BCUT2D eigenvalue weighted by molar-refractivity contribution is 6.34. The van der Waals surface area contributed by atoms with Gasteiger partial charge in [-0.2, -0.15) is 0 Å². The zero-order chi connectivity index (χ0) is 21.3. The van der Waals surface area contributed by atoms with Crippen LogP contribution in [-0.4, -0.2) is 41.8 Å². The summed E-state index contributed by atoms with van der Waals surface area (Å²) >= 11 is 6.05. The summed E-state index contributed by atoms with van der Waals surface area (Å²) in [5.41, 5.74) is -1.72. The minimum Gasteiger partial charge on any atom is -0.467 e. The van der Waals surface area contributed by atoms with Crippen LogP contribution in [0.2, 0.25) is 5.02 Å². The van der Waals surface area contributed by atoms with Crippen molar-refractivity contribution in [1.29, 1.82) is 0 Å². The van der Waals surface area contributed by atoms with E-state index in [1.54, 1.807) is 30.3 Å². The standard InChI is InChI=1S/C20H17ClN2O6/c1-12(24)23-17-10-14(21)8-9-15(17)18(25)20(23,19(26)29-2)16(11-22(27)28)13-6-4-3-5-7-13/h3-10,16H,11H2,1-2H3/t16-,20+/m1/s1. The zero-order valence-corrected chi connectivity index (χ0v) is 16.4. The number of hydrogen-bond donors (Lipinski definition) is 0. The number of nitrogens with zero attached hydrogens (tertiary/aromatic N) is 2. The molecule has 1 amide bonds. The summed E-state index contributed by atoms with van der Waals surface area (Å²) in [5.74, 6) is -3.73. The Kier molecular flexibility index (Phi) is 5.39. The van der Waals surface area contributed by atoms with E-state index in [9.17, 15) is 24.5 Å². The van der Waals surface area contributed by atoms with Crippen molar-refractivity contribution >= 4 is 34.9 Å². The van der Waals surface area contributed by atoms with Crippen molar-refractivity contribution in [3.05, 3.63) is 74.8 Å². The van der Waals surface area contributed by atoms with E-state index in [1.165, 1.54) is 25.1 Å². The Morgan fingerprint density at radius 3 is 2.45 bits per heavy atom. The van der Waals surface area contributed by atoms with Crippen LogP contribution in [0.1, 0.15) is 28.8 Å². The molecule has 0 radical (unpaired) electrons. The molecular formula is C20H17ClN2O6. The van der Waals surface area contributed by atoms with Crippen LogP contribution in [0.3, 0.4) is 0 Å². The highest BCUT2D eigenvalue weighted by Gasteiger charge is 2.65. The molecular weight excluding hydrogens is 400 g/mol. The second-order valence-corrected chi connectivity index (χ2v) is 7.02. The minimum absolute atomic E-state index is 0.0688. The van der Waals surface area contributed by atoms with Gasteiger partial charge in [0.15, 0.2) is 0 Å². The van der Waals surface area contributed by atoms with Crippen molar-refractivity contribution in [3.8, 4) is 0 Å². The van der Waals surface area contributed by atoms with Crippen LogP contribution in [0.15, 0.2) is 48.5 Å². The molecule has 0 saturated carbocycles. The van der Waals surface area contributed by atoms with E-state index in [2.05, 4.69) is 0 Å². The van der Waals surface area contributed by atoms with Crippen LogP contribution >= 0.6 is 11.6 Å². The molecule has 150 valence electrons. The number of halogens is 1. The molecule has 0 saturated heterocycles. The van der Waals surface area contributed by atoms with Gasteiger partial charge in [-0.15, -0.1) is 0 Å². The molecule has 1 aliphatic rings. The van der Waals surface area contributed by atoms with Gasteiger partial charge in [0.25, 0.3) is 0 Å². The number of anilines is 1. The van der Waals surface area contributed by atoms with Crippen LogP contribution in [0, 0.1) is 10.1 Å². The number of methoxy groups -OCH3 is 1. The molecule has 0 aromatic heterocycles. The van der Waals surface area contributed by atoms with Crippen LogP contribution in [0.25, 0.3) is 0 Å². The summed E-state index contributed by atoms with van der Waals surface area (Å²) in [6.07, 6.45) is 0. The van der Waals surface area contributed by atoms with Crippen LogP contribution < -0.4 is 4.90 Å². The van der Waals surface area contributed by atoms with Crippen molar-refractivity contribution in [2.24, 2.45) is 0 Å². The largest absolute Gasteiger partial charge is 0.467 e. The molecule has 0 aliphatic carbocycles. The van der Waals surface area contributed by atoms with Gasteiger partial charge in [-0.05, 0) is 23.8 Å². The van der Waals surface area contributed by atoms with E-state index >= 15 is 0 Å². The lowest BCUT2D eigenvalue weighted by atomic mass is 9.75. The van der Waals surface area contributed by atoms with Gasteiger partial charge in [-0.1, -0.05) is 41.9 Å². The molecule has 29 heavy (non-hydrogen) atoms. The normalized spacial score (nSPS) is 18.9. The number of esters is 1. The molecule has 0 N–H and O–H groups in total.